The summed E-state index contributed by atoms with van der Waals surface area (Å²) in [6.07, 6.45) is 9.84. The molecule has 0 aliphatic rings. The molecular formula is C22H22F2N4O2. The van der Waals surface area contributed by atoms with Gasteiger partial charge in [0, 0.05) is 54.1 Å². The molecule has 156 valence electrons. The predicted octanol–water partition coefficient (Wildman–Crippen LogP) is 4.00. The third-order valence-corrected chi connectivity index (χ3v) is 4.57. The van der Waals surface area contributed by atoms with Crippen LogP contribution in [-0.2, 0) is 17.8 Å². The Morgan fingerprint density at radius 2 is 1.87 bits per heavy atom. The first-order chi connectivity index (χ1) is 14.1. The van der Waals surface area contributed by atoms with E-state index in [0.29, 0.717) is 5.69 Å². The van der Waals surface area contributed by atoms with Crippen molar-refractivity contribution in [1.29, 1.82) is 0 Å². The van der Waals surface area contributed by atoms with Gasteiger partial charge in [0.2, 0.25) is 5.91 Å². The average Bonchev–Trinajstić information content (AvgIpc) is 3.12. The van der Waals surface area contributed by atoms with Crippen molar-refractivity contribution in [2.45, 2.75) is 25.4 Å². The molecule has 0 aliphatic carbocycles. The fourth-order valence-electron chi connectivity index (χ4n) is 2.83. The molecule has 30 heavy (non-hydrogen) atoms. The molecule has 0 fully saturated rings. The van der Waals surface area contributed by atoms with Crippen molar-refractivity contribution in [3.63, 3.8) is 0 Å². The maximum absolute atomic E-state index is 14.2. The van der Waals surface area contributed by atoms with Crippen LogP contribution < -0.4 is 5.32 Å². The van der Waals surface area contributed by atoms with Gasteiger partial charge in [-0.25, -0.2) is 0 Å². The van der Waals surface area contributed by atoms with Crippen LogP contribution in [0, 0.1) is 0 Å². The zero-order valence-electron chi connectivity index (χ0n) is 16.8. The zero-order valence-corrected chi connectivity index (χ0v) is 16.8. The minimum absolute atomic E-state index is 0.333. The standard InChI is InChI=1S/C22H22F2N4O2/c1-21(2,30)22(23,24)17-5-7-18(8-6-17)27-20(29)9-4-15-12-25-11-10-19(15)16-13-26-28(3)14-16/h4-14,30H,1-3H3,(H,27,29)/b9-4+. The Morgan fingerprint density at radius 1 is 1.17 bits per heavy atom. The quantitative estimate of drug-likeness (QED) is 0.600. The molecule has 0 unspecified atom stereocenters. The van der Waals surface area contributed by atoms with Gasteiger partial charge in [-0.05, 0) is 43.7 Å². The fourth-order valence-corrected chi connectivity index (χ4v) is 2.83. The molecule has 1 aromatic carbocycles. The molecule has 2 aromatic heterocycles. The summed E-state index contributed by atoms with van der Waals surface area (Å²) in [5.74, 6) is -3.84. The minimum atomic E-state index is -3.42. The number of aliphatic hydroxyl groups is 1. The highest BCUT2D eigenvalue weighted by molar-refractivity contribution is 6.02. The summed E-state index contributed by atoms with van der Waals surface area (Å²) in [4.78, 5) is 16.3. The first-order valence-electron chi connectivity index (χ1n) is 9.21. The second kappa shape index (κ2) is 8.16. The van der Waals surface area contributed by atoms with E-state index in [1.165, 1.54) is 30.3 Å². The smallest absolute Gasteiger partial charge is 0.300 e. The number of hydrogen-bond donors (Lipinski definition) is 2. The third kappa shape index (κ3) is 4.60. The van der Waals surface area contributed by atoms with Crippen LogP contribution in [0.3, 0.4) is 0 Å². The van der Waals surface area contributed by atoms with Crippen molar-refractivity contribution < 1.29 is 18.7 Å². The van der Waals surface area contributed by atoms with Gasteiger partial charge in [-0.3, -0.25) is 14.5 Å². The van der Waals surface area contributed by atoms with Gasteiger partial charge in [-0.1, -0.05) is 12.1 Å². The molecule has 0 atom stereocenters. The lowest BCUT2D eigenvalue weighted by atomic mass is 9.93. The van der Waals surface area contributed by atoms with Gasteiger partial charge < -0.3 is 10.4 Å². The monoisotopic (exact) mass is 412 g/mol. The molecule has 8 heteroatoms. The van der Waals surface area contributed by atoms with E-state index < -0.39 is 17.4 Å². The predicted molar refractivity (Wildman–Crippen MR) is 111 cm³/mol. The van der Waals surface area contributed by atoms with Gasteiger partial charge >= 0.3 is 5.92 Å². The highest BCUT2D eigenvalue weighted by Gasteiger charge is 2.46. The van der Waals surface area contributed by atoms with Crippen molar-refractivity contribution in [2.24, 2.45) is 7.05 Å². The Kier molecular flexibility index (Phi) is 5.80. The highest BCUT2D eigenvalue weighted by atomic mass is 19.3. The number of carbonyl (C=O) groups is 1. The molecule has 0 saturated heterocycles. The number of hydrogen-bond acceptors (Lipinski definition) is 4. The molecular weight excluding hydrogens is 390 g/mol. The molecule has 1 amide bonds. The third-order valence-electron chi connectivity index (χ3n) is 4.57. The Morgan fingerprint density at radius 3 is 2.47 bits per heavy atom. The molecule has 2 N–H and O–H groups in total. The molecule has 0 spiro atoms. The minimum Gasteiger partial charge on any atom is -0.384 e. The molecule has 3 aromatic rings. The van der Waals surface area contributed by atoms with E-state index in [2.05, 4.69) is 15.4 Å². The van der Waals surface area contributed by atoms with Crippen LogP contribution in [0.2, 0.25) is 0 Å². The van der Waals surface area contributed by atoms with Crippen molar-refractivity contribution in [2.75, 3.05) is 5.32 Å². The lowest BCUT2D eigenvalue weighted by molar-refractivity contribution is -0.168. The van der Waals surface area contributed by atoms with Gasteiger partial charge in [0.05, 0.1) is 6.20 Å². The van der Waals surface area contributed by atoms with Crippen LogP contribution in [0.25, 0.3) is 17.2 Å². The SMILES string of the molecule is Cn1cc(-c2ccncc2/C=C/C(=O)Nc2ccc(C(F)(F)C(C)(C)O)cc2)cn1. The number of rotatable bonds is 6. The number of aryl methyl sites for hydroxylation is 1. The number of carbonyl (C=O) groups excluding carboxylic acids is 1. The normalized spacial score (nSPS) is 12.3. The van der Waals surface area contributed by atoms with Crippen molar-refractivity contribution in [3.8, 4) is 11.1 Å². The van der Waals surface area contributed by atoms with Gasteiger partial charge in [-0.2, -0.15) is 13.9 Å². The fraction of sp³-hybridized carbons (Fsp3) is 0.227. The number of alkyl halides is 2. The van der Waals surface area contributed by atoms with Gasteiger partial charge in [0.15, 0.2) is 0 Å². The Bertz CT molecular complexity index is 1070. The van der Waals surface area contributed by atoms with E-state index in [-0.39, 0.29) is 5.56 Å². The summed E-state index contributed by atoms with van der Waals surface area (Å²) < 4.78 is 30.1. The Hall–Kier alpha value is -3.39. The van der Waals surface area contributed by atoms with E-state index in [9.17, 15) is 18.7 Å². The van der Waals surface area contributed by atoms with E-state index in [1.807, 2.05) is 19.3 Å². The summed E-state index contributed by atoms with van der Waals surface area (Å²) in [6.45, 7) is 2.09. The molecule has 2 heterocycles. The van der Waals surface area contributed by atoms with Crippen molar-refractivity contribution >= 4 is 17.7 Å². The summed E-state index contributed by atoms with van der Waals surface area (Å²) in [7, 11) is 1.82. The molecule has 0 saturated carbocycles. The molecule has 0 bridgehead atoms. The van der Waals surface area contributed by atoms with E-state index in [0.717, 1.165) is 30.5 Å². The number of anilines is 1. The van der Waals surface area contributed by atoms with Gasteiger partial charge in [0.1, 0.15) is 5.60 Å². The number of benzene rings is 1. The van der Waals surface area contributed by atoms with Crippen LogP contribution in [0.1, 0.15) is 25.0 Å². The zero-order chi connectivity index (χ0) is 21.9. The first kappa shape index (κ1) is 21.3. The maximum atomic E-state index is 14.2. The second-order valence-electron chi connectivity index (χ2n) is 7.40. The number of nitrogens with zero attached hydrogens (tertiary/aromatic N) is 3. The Balaban J connectivity index is 1.72. The van der Waals surface area contributed by atoms with Gasteiger partial charge in [-0.15, -0.1) is 0 Å². The Labute approximate surface area is 172 Å². The topological polar surface area (TPSA) is 80.0 Å². The number of nitrogens with one attached hydrogen (secondary N) is 1. The number of pyridine rings is 1. The summed E-state index contributed by atoms with van der Waals surface area (Å²) >= 11 is 0. The lowest BCUT2D eigenvalue weighted by Gasteiger charge is -2.29. The number of halogens is 2. The average molecular weight is 412 g/mol. The van der Waals surface area contributed by atoms with Gasteiger partial charge in [0.25, 0.3) is 0 Å². The van der Waals surface area contributed by atoms with E-state index in [4.69, 9.17) is 0 Å². The summed E-state index contributed by atoms with van der Waals surface area (Å²) in [5, 5.41) is 16.4. The summed E-state index contributed by atoms with van der Waals surface area (Å²) in [6, 6.07) is 6.92. The van der Waals surface area contributed by atoms with Crippen LogP contribution in [0.5, 0.6) is 0 Å². The second-order valence-corrected chi connectivity index (χ2v) is 7.40. The van der Waals surface area contributed by atoms with Crippen molar-refractivity contribution in [3.05, 3.63) is 72.3 Å². The van der Waals surface area contributed by atoms with Crippen LogP contribution in [0.4, 0.5) is 14.5 Å². The molecule has 0 aliphatic heterocycles. The lowest BCUT2D eigenvalue weighted by Crippen LogP contribution is -2.40. The van der Waals surface area contributed by atoms with E-state index >= 15 is 0 Å². The summed E-state index contributed by atoms with van der Waals surface area (Å²) in [5.41, 5.74) is 0.332. The number of amides is 1. The molecule has 0 radical (unpaired) electrons. The van der Waals surface area contributed by atoms with Crippen LogP contribution in [0.15, 0.2) is 61.2 Å². The largest absolute Gasteiger partial charge is 0.384 e. The van der Waals surface area contributed by atoms with Crippen LogP contribution >= 0.6 is 0 Å². The number of aromatic nitrogens is 3. The molecule has 3 rings (SSSR count). The highest BCUT2D eigenvalue weighted by Crippen LogP contribution is 2.38. The molecule has 6 nitrogen and oxygen atoms in total. The van der Waals surface area contributed by atoms with Crippen LogP contribution in [-0.4, -0.2) is 31.4 Å². The first-order valence-corrected chi connectivity index (χ1v) is 9.21. The van der Waals surface area contributed by atoms with Crippen molar-refractivity contribution in [1.82, 2.24) is 14.8 Å². The van der Waals surface area contributed by atoms with E-state index in [1.54, 1.807) is 29.3 Å². The maximum Gasteiger partial charge on any atom is 0.300 e.